The minimum absolute atomic E-state index is 0.0592. The fraction of sp³-hybridized carbons (Fsp3) is 0.267. The summed E-state index contributed by atoms with van der Waals surface area (Å²) in [5.41, 5.74) is 2.54. The molecule has 4 rings (SSSR count). The van der Waals surface area contributed by atoms with Crippen molar-refractivity contribution in [2.75, 3.05) is 7.11 Å². The van der Waals surface area contributed by atoms with Gasteiger partial charge in [0.15, 0.2) is 0 Å². The zero-order valence-electron chi connectivity index (χ0n) is 22.5. The first-order chi connectivity index (χ1) is 18.5. The molecule has 0 unspecified atom stereocenters. The van der Waals surface area contributed by atoms with Crippen molar-refractivity contribution in [2.24, 2.45) is 5.92 Å². The lowest BCUT2D eigenvalue weighted by Crippen LogP contribution is -2.47. The SMILES string of the molecule is CC[C@@H](C)[C@@H](NS(=O)(=O)c1ccc(C)cc1)C(=O)Oc1ccc2c(-c3ccc(OC)cc3)cc(=O)oc2c1C. The van der Waals surface area contributed by atoms with Gasteiger partial charge in [0.25, 0.3) is 0 Å². The van der Waals surface area contributed by atoms with Gasteiger partial charge in [-0.2, -0.15) is 4.72 Å². The number of aryl methyl sites for hydroxylation is 2. The lowest BCUT2D eigenvalue weighted by Gasteiger charge is -2.23. The van der Waals surface area contributed by atoms with E-state index in [0.29, 0.717) is 28.7 Å². The Morgan fingerprint density at radius 1 is 1.00 bits per heavy atom. The van der Waals surface area contributed by atoms with E-state index in [4.69, 9.17) is 13.9 Å². The molecule has 39 heavy (non-hydrogen) atoms. The molecule has 0 bridgehead atoms. The van der Waals surface area contributed by atoms with E-state index in [0.717, 1.165) is 11.1 Å². The smallest absolute Gasteiger partial charge is 0.336 e. The van der Waals surface area contributed by atoms with Crippen molar-refractivity contribution in [1.29, 1.82) is 0 Å². The number of methoxy groups -OCH3 is 1. The molecule has 0 aliphatic rings. The molecule has 2 atom stereocenters. The minimum atomic E-state index is -3.98. The van der Waals surface area contributed by atoms with Crippen LogP contribution in [0.25, 0.3) is 22.1 Å². The first-order valence-electron chi connectivity index (χ1n) is 12.6. The molecule has 8 nitrogen and oxygen atoms in total. The molecule has 1 heterocycles. The van der Waals surface area contributed by atoms with E-state index in [1.54, 1.807) is 57.4 Å². The van der Waals surface area contributed by atoms with E-state index in [1.807, 2.05) is 26.0 Å². The van der Waals surface area contributed by atoms with Crippen LogP contribution in [-0.2, 0) is 14.8 Å². The van der Waals surface area contributed by atoms with E-state index in [9.17, 15) is 18.0 Å². The molecular weight excluding hydrogens is 518 g/mol. The Morgan fingerprint density at radius 3 is 2.28 bits per heavy atom. The van der Waals surface area contributed by atoms with Crippen molar-refractivity contribution >= 4 is 27.0 Å². The molecule has 0 amide bonds. The summed E-state index contributed by atoms with van der Waals surface area (Å²) < 4.78 is 45.1. The number of carbonyl (C=O) groups is 1. The van der Waals surface area contributed by atoms with E-state index < -0.39 is 27.7 Å². The molecule has 0 saturated heterocycles. The van der Waals surface area contributed by atoms with Gasteiger partial charge in [-0.15, -0.1) is 0 Å². The van der Waals surface area contributed by atoms with Crippen molar-refractivity contribution in [2.45, 2.75) is 45.1 Å². The second kappa shape index (κ2) is 11.4. The Hall–Kier alpha value is -3.95. The molecule has 204 valence electrons. The topological polar surface area (TPSA) is 112 Å². The Balaban J connectivity index is 1.67. The van der Waals surface area contributed by atoms with Crippen molar-refractivity contribution in [3.05, 3.63) is 88.3 Å². The molecule has 0 fully saturated rings. The predicted octanol–water partition coefficient (Wildman–Crippen LogP) is 5.38. The molecular formula is C30H31NO7S. The lowest BCUT2D eigenvalue weighted by molar-refractivity contribution is -0.137. The van der Waals surface area contributed by atoms with Gasteiger partial charge < -0.3 is 13.9 Å². The van der Waals surface area contributed by atoms with Gasteiger partial charge in [-0.1, -0.05) is 50.1 Å². The molecule has 1 aromatic heterocycles. The average Bonchev–Trinajstić information content (AvgIpc) is 2.93. The van der Waals surface area contributed by atoms with Gasteiger partial charge in [-0.3, -0.25) is 0 Å². The monoisotopic (exact) mass is 549 g/mol. The van der Waals surface area contributed by atoms with Gasteiger partial charge in [0.05, 0.1) is 12.0 Å². The van der Waals surface area contributed by atoms with Crippen molar-refractivity contribution in [3.63, 3.8) is 0 Å². The molecule has 0 radical (unpaired) electrons. The predicted molar refractivity (Wildman–Crippen MR) is 150 cm³/mol. The summed E-state index contributed by atoms with van der Waals surface area (Å²) in [5.74, 6) is -0.245. The highest BCUT2D eigenvalue weighted by Gasteiger charge is 2.32. The maximum atomic E-state index is 13.3. The quantitative estimate of drug-likeness (QED) is 0.169. The number of carbonyl (C=O) groups excluding carboxylic acids is 1. The summed E-state index contributed by atoms with van der Waals surface area (Å²) in [7, 11) is -2.40. The van der Waals surface area contributed by atoms with E-state index >= 15 is 0 Å². The fourth-order valence-electron chi connectivity index (χ4n) is 4.22. The summed E-state index contributed by atoms with van der Waals surface area (Å²) in [4.78, 5) is 25.8. The molecule has 3 aromatic carbocycles. The molecule has 0 spiro atoms. The minimum Gasteiger partial charge on any atom is -0.497 e. The number of esters is 1. The van der Waals surface area contributed by atoms with Crippen LogP contribution in [0.2, 0.25) is 0 Å². The van der Waals surface area contributed by atoms with Gasteiger partial charge in [-0.25, -0.2) is 18.0 Å². The Labute approximate surface area is 227 Å². The number of sulfonamides is 1. The van der Waals surface area contributed by atoms with Crippen LogP contribution < -0.4 is 19.8 Å². The molecule has 1 N–H and O–H groups in total. The largest absolute Gasteiger partial charge is 0.497 e. The van der Waals surface area contributed by atoms with Crippen molar-refractivity contribution in [1.82, 2.24) is 4.72 Å². The van der Waals surface area contributed by atoms with E-state index in [2.05, 4.69) is 4.72 Å². The van der Waals surface area contributed by atoms with Gasteiger partial charge in [0, 0.05) is 17.0 Å². The summed E-state index contributed by atoms with van der Waals surface area (Å²) in [6, 6.07) is 17.3. The van der Waals surface area contributed by atoms with Crippen LogP contribution >= 0.6 is 0 Å². The molecule has 0 aliphatic heterocycles. The van der Waals surface area contributed by atoms with Gasteiger partial charge >= 0.3 is 11.6 Å². The zero-order valence-corrected chi connectivity index (χ0v) is 23.3. The maximum absolute atomic E-state index is 13.3. The Bertz CT molecular complexity index is 1660. The first-order valence-corrected chi connectivity index (χ1v) is 14.0. The van der Waals surface area contributed by atoms with Gasteiger partial charge in [0.2, 0.25) is 10.0 Å². The maximum Gasteiger partial charge on any atom is 0.336 e. The third-order valence-electron chi connectivity index (χ3n) is 6.80. The van der Waals surface area contributed by atoms with Crippen LogP contribution in [0.15, 0.2) is 80.8 Å². The van der Waals surface area contributed by atoms with Crippen molar-refractivity contribution in [3.8, 4) is 22.6 Å². The summed E-state index contributed by atoms with van der Waals surface area (Å²) in [5, 5.41) is 0.663. The number of hydrogen-bond donors (Lipinski definition) is 1. The molecule has 9 heteroatoms. The zero-order chi connectivity index (χ0) is 28.3. The molecule has 0 aliphatic carbocycles. The summed E-state index contributed by atoms with van der Waals surface area (Å²) in [6.07, 6.45) is 0.535. The average molecular weight is 550 g/mol. The van der Waals surface area contributed by atoms with Crippen molar-refractivity contribution < 1.29 is 27.1 Å². The van der Waals surface area contributed by atoms with Crippen LogP contribution in [0.1, 0.15) is 31.4 Å². The van der Waals surface area contributed by atoms with Crippen LogP contribution in [-0.4, -0.2) is 27.5 Å². The van der Waals surface area contributed by atoms with Gasteiger partial charge in [-0.05, 0) is 67.3 Å². The van der Waals surface area contributed by atoms with Crippen LogP contribution in [0.4, 0.5) is 0 Å². The number of fused-ring (bicyclic) bond motifs is 1. The summed E-state index contributed by atoms with van der Waals surface area (Å²) in [6.45, 7) is 7.18. The Morgan fingerprint density at radius 2 is 1.67 bits per heavy atom. The number of nitrogens with one attached hydrogen (secondary N) is 1. The molecule has 4 aromatic rings. The van der Waals surface area contributed by atoms with E-state index in [1.165, 1.54) is 18.2 Å². The second-order valence-corrected chi connectivity index (χ2v) is 11.2. The second-order valence-electron chi connectivity index (χ2n) is 9.49. The fourth-order valence-corrected chi connectivity index (χ4v) is 5.51. The van der Waals surface area contributed by atoms with Crippen LogP contribution in [0.5, 0.6) is 11.5 Å². The normalized spacial score (nSPS) is 13.2. The number of ether oxygens (including phenoxy) is 2. The Kier molecular flexibility index (Phi) is 8.22. The van der Waals surface area contributed by atoms with Crippen LogP contribution in [0, 0.1) is 19.8 Å². The third kappa shape index (κ3) is 6.05. The van der Waals surface area contributed by atoms with Crippen LogP contribution in [0.3, 0.4) is 0 Å². The molecule has 0 saturated carbocycles. The first kappa shape index (κ1) is 28.1. The number of benzene rings is 3. The standard InChI is InChI=1S/C30H31NO7S/c1-6-19(3)28(31-39(34,35)23-13-7-18(2)8-14-23)30(33)37-26-16-15-24-25(17-27(32)38-29(24)20(26)4)21-9-11-22(36-5)12-10-21/h7-17,19,28,31H,6H2,1-5H3/t19-,28-/m1/s1. The highest BCUT2D eigenvalue weighted by molar-refractivity contribution is 7.89. The lowest BCUT2D eigenvalue weighted by atomic mass is 9.99. The highest BCUT2D eigenvalue weighted by Crippen LogP contribution is 2.34. The third-order valence-corrected chi connectivity index (χ3v) is 8.26. The number of hydrogen-bond acceptors (Lipinski definition) is 7. The van der Waals surface area contributed by atoms with Gasteiger partial charge in [0.1, 0.15) is 23.1 Å². The van der Waals surface area contributed by atoms with E-state index in [-0.39, 0.29) is 22.1 Å². The summed E-state index contributed by atoms with van der Waals surface area (Å²) >= 11 is 0. The highest BCUT2D eigenvalue weighted by atomic mass is 32.2. The number of rotatable bonds is 9.